The molecule has 0 radical (unpaired) electrons. The number of rotatable bonds is 4. The molecule has 0 aliphatic rings. The van der Waals surface area contributed by atoms with Gasteiger partial charge < -0.3 is 5.73 Å². The summed E-state index contributed by atoms with van der Waals surface area (Å²) in [5, 5.41) is 0. The first-order chi connectivity index (χ1) is 7.02. The second-order valence-electron chi connectivity index (χ2n) is 4.22. The zero-order valence-corrected chi connectivity index (χ0v) is 11.9. The molecular formula is C12H18BrClFN. The molecule has 1 aromatic rings. The molecule has 1 atom stereocenters. The van der Waals surface area contributed by atoms with Gasteiger partial charge in [-0.25, -0.2) is 4.39 Å². The Bertz CT molecular complexity index is 331. The van der Waals surface area contributed by atoms with Crippen LogP contribution in [0.4, 0.5) is 4.39 Å². The second kappa shape index (κ2) is 7.25. The van der Waals surface area contributed by atoms with E-state index in [4.69, 9.17) is 5.73 Å². The number of nitrogens with two attached hydrogens (primary N) is 1. The van der Waals surface area contributed by atoms with Crippen molar-refractivity contribution in [3.63, 3.8) is 0 Å². The molecule has 0 fully saturated rings. The smallest absolute Gasteiger partial charge is 0.142 e. The van der Waals surface area contributed by atoms with Gasteiger partial charge >= 0.3 is 0 Å². The minimum Gasteiger partial charge on any atom is -0.324 e. The predicted octanol–water partition coefficient (Wildman–Crippen LogP) is 4.45. The van der Waals surface area contributed by atoms with E-state index in [2.05, 4.69) is 29.8 Å². The Morgan fingerprint density at radius 1 is 1.31 bits per heavy atom. The molecule has 0 aliphatic carbocycles. The Morgan fingerprint density at radius 2 is 1.94 bits per heavy atom. The Kier molecular flexibility index (Phi) is 7.20. The molecule has 1 rings (SSSR count). The normalized spacial score (nSPS) is 12.4. The first-order valence-corrected chi connectivity index (χ1v) is 6.01. The molecule has 0 bridgehead atoms. The third-order valence-corrected chi connectivity index (χ3v) is 3.05. The van der Waals surface area contributed by atoms with Crippen LogP contribution in [0.5, 0.6) is 0 Å². The summed E-state index contributed by atoms with van der Waals surface area (Å²) in [6.07, 6.45) is 1.85. The van der Waals surface area contributed by atoms with Crippen molar-refractivity contribution in [1.82, 2.24) is 0 Å². The number of hydrogen-bond acceptors (Lipinski definition) is 1. The van der Waals surface area contributed by atoms with Gasteiger partial charge in [0.05, 0.1) is 4.47 Å². The van der Waals surface area contributed by atoms with Gasteiger partial charge in [-0.2, -0.15) is 0 Å². The molecule has 16 heavy (non-hydrogen) atoms. The fourth-order valence-electron chi connectivity index (χ4n) is 1.48. The highest BCUT2D eigenvalue weighted by molar-refractivity contribution is 9.10. The van der Waals surface area contributed by atoms with Gasteiger partial charge in [-0.15, -0.1) is 12.4 Å². The summed E-state index contributed by atoms with van der Waals surface area (Å²) in [6, 6.07) is 5.06. The summed E-state index contributed by atoms with van der Waals surface area (Å²) in [5.74, 6) is 0.375. The van der Waals surface area contributed by atoms with Crippen LogP contribution in [0.15, 0.2) is 22.7 Å². The van der Waals surface area contributed by atoms with Gasteiger partial charge in [-0.3, -0.25) is 0 Å². The van der Waals surface area contributed by atoms with Crippen LogP contribution in [0.2, 0.25) is 0 Å². The van der Waals surface area contributed by atoms with E-state index in [9.17, 15) is 4.39 Å². The number of halogens is 3. The molecule has 1 nitrogen and oxygen atoms in total. The standard InChI is InChI=1S/C12H17BrFN.ClH/c1-8(2)6-7-11(15)9-4-3-5-10(13)12(9)14;/h3-5,8,11H,6-7,15H2,1-2H3;1H/t11-;/m0./s1. The molecular weight excluding hydrogens is 292 g/mol. The molecule has 1 aromatic carbocycles. The summed E-state index contributed by atoms with van der Waals surface area (Å²) in [4.78, 5) is 0. The van der Waals surface area contributed by atoms with E-state index < -0.39 is 0 Å². The summed E-state index contributed by atoms with van der Waals surface area (Å²) >= 11 is 3.16. The molecule has 0 unspecified atom stereocenters. The first-order valence-electron chi connectivity index (χ1n) is 5.22. The van der Waals surface area contributed by atoms with Crippen molar-refractivity contribution in [2.75, 3.05) is 0 Å². The van der Waals surface area contributed by atoms with E-state index in [-0.39, 0.29) is 24.3 Å². The average molecular weight is 311 g/mol. The monoisotopic (exact) mass is 309 g/mol. The topological polar surface area (TPSA) is 26.0 Å². The molecule has 0 saturated carbocycles. The van der Waals surface area contributed by atoms with Gasteiger partial charge in [0, 0.05) is 11.6 Å². The van der Waals surface area contributed by atoms with Crippen LogP contribution in [0.3, 0.4) is 0 Å². The quantitative estimate of drug-likeness (QED) is 0.874. The third kappa shape index (κ3) is 4.40. The van der Waals surface area contributed by atoms with E-state index in [0.29, 0.717) is 16.0 Å². The van der Waals surface area contributed by atoms with Crippen LogP contribution in [0.25, 0.3) is 0 Å². The summed E-state index contributed by atoms with van der Waals surface area (Å²) in [6.45, 7) is 4.29. The molecule has 0 amide bonds. The Morgan fingerprint density at radius 3 is 2.50 bits per heavy atom. The van der Waals surface area contributed by atoms with Gasteiger partial charge in [-0.05, 0) is 40.8 Å². The van der Waals surface area contributed by atoms with E-state index in [0.717, 1.165) is 12.8 Å². The first kappa shape index (κ1) is 15.9. The van der Waals surface area contributed by atoms with Crippen molar-refractivity contribution in [1.29, 1.82) is 0 Å². The van der Waals surface area contributed by atoms with Crippen molar-refractivity contribution in [3.05, 3.63) is 34.1 Å². The zero-order valence-electron chi connectivity index (χ0n) is 9.54. The second-order valence-corrected chi connectivity index (χ2v) is 5.08. The van der Waals surface area contributed by atoms with E-state index in [1.165, 1.54) is 0 Å². The Labute approximate surface area is 111 Å². The SMILES string of the molecule is CC(C)CC[C@H](N)c1cccc(Br)c1F.Cl. The summed E-state index contributed by atoms with van der Waals surface area (Å²) in [7, 11) is 0. The van der Waals surface area contributed by atoms with Gasteiger partial charge in [0.15, 0.2) is 0 Å². The zero-order chi connectivity index (χ0) is 11.4. The largest absolute Gasteiger partial charge is 0.324 e. The van der Waals surface area contributed by atoms with E-state index in [1.54, 1.807) is 12.1 Å². The summed E-state index contributed by atoms with van der Waals surface area (Å²) < 4.78 is 14.1. The lowest BCUT2D eigenvalue weighted by molar-refractivity contribution is 0.490. The Balaban J connectivity index is 0.00000225. The fraction of sp³-hybridized carbons (Fsp3) is 0.500. The van der Waals surface area contributed by atoms with Crippen LogP contribution in [-0.4, -0.2) is 0 Å². The van der Waals surface area contributed by atoms with E-state index in [1.807, 2.05) is 6.07 Å². The van der Waals surface area contributed by atoms with Crippen LogP contribution < -0.4 is 5.73 Å². The maximum Gasteiger partial charge on any atom is 0.142 e. The highest BCUT2D eigenvalue weighted by Gasteiger charge is 2.13. The molecule has 0 aliphatic heterocycles. The maximum atomic E-state index is 13.6. The summed E-state index contributed by atoms with van der Waals surface area (Å²) in [5.41, 5.74) is 6.55. The predicted molar refractivity (Wildman–Crippen MR) is 72.3 cm³/mol. The lowest BCUT2D eigenvalue weighted by Gasteiger charge is -2.14. The lowest BCUT2D eigenvalue weighted by atomic mass is 9.98. The van der Waals surface area contributed by atoms with Crippen molar-refractivity contribution < 1.29 is 4.39 Å². The molecule has 0 saturated heterocycles. The van der Waals surface area contributed by atoms with Crippen LogP contribution in [0.1, 0.15) is 38.3 Å². The van der Waals surface area contributed by atoms with Crippen molar-refractivity contribution >= 4 is 28.3 Å². The fourth-order valence-corrected chi connectivity index (χ4v) is 1.86. The molecule has 2 N–H and O–H groups in total. The van der Waals surface area contributed by atoms with Gasteiger partial charge in [0.1, 0.15) is 5.82 Å². The maximum absolute atomic E-state index is 13.6. The minimum atomic E-state index is -0.228. The molecule has 92 valence electrons. The van der Waals surface area contributed by atoms with Crippen molar-refractivity contribution in [2.24, 2.45) is 11.7 Å². The average Bonchev–Trinajstić information content (AvgIpc) is 2.18. The van der Waals surface area contributed by atoms with Gasteiger partial charge in [0.2, 0.25) is 0 Å². The lowest BCUT2D eigenvalue weighted by Crippen LogP contribution is -2.13. The Hall–Kier alpha value is -0.120. The van der Waals surface area contributed by atoms with Crippen LogP contribution in [0, 0.1) is 11.7 Å². The van der Waals surface area contributed by atoms with Crippen LogP contribution in [-0.2, 0) is 0 Å². The third-order valence-electron chi connectivity index (χ3n) is 2.44. The minimum absolute atomic E-state index is 0. The number of hydrogen-bond donors (Lipinski definition) is 1. The molecule has 0 spiro atoms. The van der Waals surface area contributed by atoms with Gasteiger partial charge in [-0.1, -0.05) is 26.0 Å². The van der Waals surface area contributed by atoms with Crippen molar-refractivity contribution in [2.45, 2.75) is 32.7 Å². The molecule has 4 heteroatoms. The molecule has 0 aromatic heterocycles. The highest BCUT2D eigenvalue weighted by atomic mass is 79.9. The highest BCUT2D eigenvalue weighted by Crippen LogP contribution is 2.25. The van der Waals surface area contributed by atoms with Crippen molar-refractivity contribution in [3.8, 4) is 0 Å². The van der Waals surface area contributed by atoms with Gasteiger partial charge in [0.25, 0.3) is 0 Å². The van der Waals surface area contributed by atoms with E-state index >= 15 is 0 Å². The molecule has 0 heterocycles. The van der Waals surface area contributed by atoms with Crippen LogP contribution >= 0.6 is 28.3 Å². The number of benzene rings is 1.